The monoisotopic (exact) mass is 370 g/mol. The molecule has 4 N–H and O–H groups in total. The minimum Gasteiger partial charge on any atom is -0.462 e. The van der Waals surface area contributed by atoms with Crippen molar-refractivity contribution in [1.29, 1.82) is 5.26 Å². The fraction of sp³-hybridized carbons (Fsp3) is 0.222. The molecule has 1 aromatic carbocycles. The maximum atomic E-state index is 12.2. The van der Waals surface area contributed by atoms with Crippen LogP contribution in [0, 0.1) is 11.3 Å². The van der Waals surface area contributed by atoms with Gasteiger partial charge in [0.05, 0.1) is 30.0 Å². The zero-order chi connectivity index (χ0) is 19.8. The molecule has 9 nitrogen and oxygen atoms in total. The number of aromatic nitrogens is 1. The highest BCUT2D eigenvalue weighted by Gasteiger charge is 2.20. The van der Waals surface area contributed by atoms with Gasteiger partial charge >= 0.3 is 11.9 Å². The van der Waals surface area contributed by atoms with E-state index >= 15 is 0 Å². The molecule has 1 heterocycles. The zero-order valence-electron chi connectivity index (χ0n) is 14.6. The summed E-state index contributed by atoms with van der Waals surface area (Å²) in [6, 6.07) is 9.53. The molecule has 1 aromatic heterocycles. The molecule has 0 atom stereocenters. The molecule has 9 heteroatoms. The van der Waals surface area contributed by atoms with Gasteiger partial charge in [-0.3, -0.25) is 0 Å². The van der Waals surface area contributed by atoms with Gasteiger partial charge in [0.2, 0.25) is 0 Å². The molecule has 0 amide bonds. The summed E-state index contributed by atoms with van der Waals surface area (Å²) in [5.41, 5.74) is 6.25. The number of nitrogen functional groups attached to an aromatic ring is 1. The maximum absolute atomic E-state index is 12.2. The van der Waals surface area contributed by atoms with Crippen LogP contribution in [0.5, 0.6) is 0 Å². The number of nitriles is 1. The number of para-hydroxylation sites is 1. The van der Waals surface area contributed by atoms with Crippen molar-refractivity contribution in [2.45, 2.75) is 6.92 Å². The smallest absolute Gasteiger partial charge is 0.341 e. The maximum Gasteiger partial charge on any atom is 0.341 e. The second-order valence-electron chi connectivity index (χ2n) is 5.18. The van der Waals surface area contributed by atoms with Gasteiger partial charge in [-0.15, -0.1) is 0 Å². The van der Waals surface area contributed by atoms with Gasteiger partial charge in [0.1, 0.15) is 29.9 Å². The number of aliphatic hydroxyl groups is 1. The highest BCUT2D eigenvalue weighted by molar-refractivity contribution is 5.99. The molecule has 0 aliphatic carbocycles. The number of pyridine rings is 1. The van der Waals surface area contributed by atoms with E-state index in [2.05, 4.69) is 10.3 Å². The van der Waals surface area contributed by atoms with Gasteiger partial charge in [0.25, 0.3) is 0 Å². The number of hydrogen-bond acceptors (Lipinski definition) is 9. The fourth-order valence-corrected chi connectivity index (χ4v) is 2.19. The average molecular weight is 370 g/mol. The van der Waals surface area contributed by atoms with Crippen molar-refractivity contribution in [1.82, 2.24) is 4.98 Å². The van der Waals surface area contributed by atoms with Gasteiger partial charge in [0, 0.05) is 0 Å². The van der Waals surface area contributed by atoms with Crippen LogP contribution in [0.4, 0.5) is 17.3 Å². The van der Waals surface area contributed by atoms with E-state index < -0.39 is 11.9 Å². The van der Waals surface area contributed by atoms with Crippen LogP contribution in [-0.4, -0.2) is 41.8 Å². The lowest BCUT2D eigenvalue weighted by Crippen LogP contribution is -2.14. The molecule has 2 rings (SSSR count). The van der Waals surface area contributed by atoms with Crippen molar-refractivity contribution in [2.24, 2.45) is 0 Å². The summed E-state index contributed by atoms with van der Waals surface area (Å²) in [6.45, 7) is 1.33. The van der Waals surface area contributed by atoms with Crippen molar-refractivity contribution in [2.75, 3.05) is 30.9 Å². The van der Waals surface area contributed by atoms with Gasteiger partial charge in [-0.2, -0.15) is 5.26 Å². The molecule has 0 saturated carbocycles. The Bertz CT molecular complexity index is 892. The summed E-state index contributed by atoms with van der Waals surface area (Å²) in [4.78, 5) is 28.4. The third kappa shape index (κ3) is 4.71. The van der Waals surface area contributed by atoms with Crippen LogP contribution >= 0.6 is 0 Å². The zero-order valence-corrected chi connectivity index (χ0v) is 14.6. The topological polar surface area (TPSA) is 148 Å². The standard InChI is InChI=1S/C18H18N4O5/c1-2-26-18(25)13-9-11(10-19)15(20)22-16(13)21-14-6-4-3-5-12(14)17(24)27-8-7-23/h3-6,9,23H,2,7-8H2,1H3,(H3,20,21,22). The number of ether oxygens (including phenoxy) is 2. The first-order chi connectivity index (χ1) is 13.0. The fourth-order valence-electron chi connectivity index (χ4n) is 2.19. The average Bonchev–Trinajstić information content (AvgIpc) is 2.67. The molecule has 2 aromatic rings. The summed E-state index contributed by atoms with van der Waals surface area (Å²) in [5, 5.41) is 20.8. The Kier molecular flexibility index (Phi) is 6.68. The van der Waals surface area contributed by atoms with Crippen LogP contribution < -0.4 is 11.1 Å². The van der Waals surface area contributed by atoms with Crippen LogP contribution in [0.1, 0.15) is 33.2 Å². The largest absolute Gasteiger partial charge is 0.462 e. The number of anilines is 3. The molecule has 0 spiro atoms. The summed E-state index contributed by atoms with van der Waals surface area (Å²) >= 11 is 0. The summed E-state index contributed by atoms with van der Waals surface area (Å²) < 4.78 is 9.91. The Morgan fingerprint density at radius 2 is 1.96 bits per heavy atom. The van der Waals surface area contributed by atoms with Crippen LogP contribution in [0.15, 0.2) is 30.3 Å². The van der Waals surface area contributed by atoms with Crippen molar-refractivity contribution in [3.8, 4) is 6.07 Å². The molecule has 0 bridgehead atoms. The van der Waals surface area contributed by atoms with Gasteiger partial charge < -0.3 is 25.6 Å². The van der Waals surface area contributed by atoms with Gasteiger partial charge in [-0.25, -0.2) is 14.6 Å². The number of hydrogen-bond donors (Lipinski definition) is 3. The second-order valence-corrected chi connectivity index (χ2v) is 5.18. The minimum absolute atomic E-state index is 0.00104. The first-order valence-electron chi connectivity index (χ1n) is 8.03. The van der Waals surface area contributed by atoms with Gasteiger partial charge in [0.15, 0.2) is 0 Å². The number of nitrogens with zero attached hydrogens (tertiary/aromatic N) is 2. The van der Waals surface area contributed by atoms with E-state index in [0.29, 0.717) is 5.69 Å². The molecule has 0 fully saturated rings. The normalized spacial score (nSPS) is 9.96. The number of carbonyl (C=O) groups excluding carboxylic acids is 2. The van der Waals surface area contributed by atoms with E-state index in [1.54, 1.807) is 25.1 Å². The lowest BCUT2D eigenvalue weighted by Gasteiger charge is -2.14. The van der Waals surface area contributed by atoms with E-state index in [0.717, 1.165) is 0 Å². The predicted molar refractivity (Wildman–Crippen MR) is 96.4 cm³/mol. The third-order valence-corrected chi connectivity index (χ3v) is 3.39. The van der Waals surface area contributed by atoms with Gasteiger partial charge in [-0.1, -0.05) is 12.1 Å². The SMILES string of the molecule is CCOC(=O)c1cc(C#N)c(N)nc1Nc1ccccc1C(=O)OCCO. The molecular formula is C18H18N4O5. The molecule has 0 aliphatic rings. The number of nitrogens with two attached hydrogens (primary N) is 1. The number of carbonyl (C=O) groups is 2. The number of esters is 2. The van der Waals surface area contributed by atoms with Crippen molar-refractivity contribution in [3.05, 3.63) is 47.0 Å². The molecule has 140 valence electrons. The Labute approximate surface area is 155 Å². The van der Waals surface area contributed by atoms with Crippen molar-refractivity contribution < 1.29 is 24.2 Å². The lowest BCUT2D eigenvalue weighted by molar-refractivity contribution is 0.0434. The highest BCUT2D eigenvalue weighted by Crippen LogP contribution is 2.26. The van der Waals surface area contributed by atoms with Crippen molar-refractivity contribution in [3.63, 3.8) is 0 Å². The van der Waals surface area contributed by atoms with Crippen molar-refractivity contribution >= 4 is 29.3 Å². The quantitative estimate of drug-likeness (QED) is 0.618. The van der Waals surface area contributed by atoms with E-state index in [-0.39, 0.29) is 48.1 Å². The number of aliphatic hydroxyl groups excluding tert-OH is 1. The number of benzene rings is 1. The Balaban J connectivity index is 2.46. The highest BCUT2D eigenvalue weighted by atomic mass is 16.5. The summed E-state index contributed by atoms with van der Waals surface area (Å²) in [5.74, 6) is -1.39. The van der Waals surface area contributed by atoms with E-state index in [1.165, 1.54) is 12.1 Å². The van der Waals surface area contributed by atoms with Crippen LogP contribution in [0.2, 0.25) is 0 Å². The van der Waals surface area contributed by atoms with Crippen LogP contribution in [0.3, 0.4) is 0 Å². The van der Waals surface area contributed by atoms with Crippen LogP contribution in [0.25, 0.3) is 0 Å². The lowest BCUT2D eigenvalue weighted by atomic mass is 10.1. The van der Waals surface area contributed by atoms with E-state index in [4.69, 9.17) is 25.6 Å². The molecule has 0 saturated heterocycles. The Hall–Kier alpha value is -3.64. The van der Waals surface area contributed by atoms with E-state index in [1.807, 2.05) is 6.07 Å². The molecule has 0 radical (unpaired) electrons. The first-order valence-corrected chi connectivity index (χ1v) is 8.03. The van der Waals surface area contributed by atoms with Gasteiger partial charge in [-0.05, 0) is 25.1 Å². The molecule has 0 aliphatic heterocycles. The third-order valence-electron chi connectivity index (χ3n) is 3.39. The second kappa shape index (κ2) is 9.17. The Morgan fingerprint density at radius 1 is 1.26 bits per heavy atom. The van der Waals surface area contributed by atoms with Crippen LogP contribution in [-0.2, 0) is 9.47 Å². The number of nitrogens with one attached hydrogen (secondary N) is 1. The summed E-state index contributed by atoms with van der Waals surface area (Å²) in [7, 11) is 0. The summed E-state index contributed by atoms with van der Waals surface area (Å²) in [6.07, 6.45) is 0. The molecule has 27 heavy (non-hydrogen) atoms. The molecular weight excluding hydrogens is 352 g/mol. The predicted octanol–water partition coefficient (Wildman–Crippen LogP) is 1.60. The first kappa shape index (κ1) is 19.7. The molecule has 0 unspecified atom stereocenters. The number of rotatable bonds is 7. The van der Waals surface area contributed by atoms with E-state index in [9.17, 15) is 9.59 Å². The minimum atomic E-state index is -0.690. The Morgan fingerprint density at radius 3 is 2.63 bits per heavy atom.